The van der Waals surface area contributed by atoms with Crippen LogP contribution < -0.4 is 5.11 Å². The van der Waals surface area contributed by atoms with Crippen LogP contribution in [0.5, 0.6) is 0 Å². The van der Waals surface area contributed by atoms with Crippen molar-refractivity contribution in [1.29, 1.82) is 0 Å². The molecular weight excluding hydrogens is 1200 g/mol. The lowest BCUT2D eigenvalue weighted by Crippen LogP contribution is -2.44. The zero-order chi connectivity index (χ0) is 70.4. The number of quaternary nitrogens is 1. The zero-order valence-electron chi connectivity index (χ0n) is 66.0. The van der Waals surface area contributed by atoms with E-state index in [4.69, 9.17) is 18.9 Å². The molecule has 9 heteroatoms. The van der Waals surface area contributed by atoms with Gasteiger partial charge in [0, 0.05) is 12.8 Å². The van der Waals surface area contributed by atoms with Gasteiger partial charge in [-0.25, -0.2) is 0 Å². The molecule has 0 aliphatic carbocycles. The first-order valence-corrected chi connectivity index (χ1v) is 43.5. The topological polar surface area (TPSA) is 111 Å². The Morgan fingerprint density at radius 2 is 0.557 bits per heavy atom. The molecule has 0 fully saturated rings. The van der Waals surface area contributed by atoms with E-state index in [0.717, 1.165) is 44.9 Å². The SMILES string of the molecule is CCCCCCC/C=C\C/C=C\CCCCCCCCCCCCCCCCCCCCCCCCCCCC(=O)OC(COC(=O)CCCCCCCCCCCCCCCCCCCCCCCCCCCCCCCCCCCCC)COC(OCC[N+](C)(C)C)C(=O)[O-]. The average Bonchev–Trinajstić information content (AvgIpc) is 3.11. The van der Waals surface area contributed by atoms with Crippen LogP contribution in [-0.4, -0.2) is 82.3 Å². The summed E-state index contributed by atoms with van der Waals surface area (Å²) in [4.78, 5) is 37.7. The first-order valence-electron chi connectivity index (χ1n) is 43.5. The summed E-state index contributed by atoms with van der Waals surface area (Å²) in [5.74, 6) is -2.24. The van der Waals surface area contributed by atoms with Crippen molar-refractivity contribution in [2.24, 2.45) is 0 Å². The average molecular weight is 1370 g/mol. The molecule has 2 atom stereocenters. The number of ether oxygens (including phenoxy) is 4. The van der Waals surface area contributed by atoms with Crippen LogP contribution in [0, 0.1) is 0 Å². The fourth-order valence-electron chi connectivity index (χ4n) is 13.6. The molecule has 0 aliphatic heterocycles. The molecule has 0 saturated carbocycles. The van der Waals surface area contributed by atoms with Gasteiger partial charge >= 0.3 is 11.9 Å². The Bertz CT molecular complexity index is 1640. The highest BCUT2D eigenvalue weighted by molar-refractivity contribution is 5.70. The summed E-state index contributed by atoms with van der Waals surface area (Å²) in [6.07, 6.45) is 99.2. The number of allylic oxidation sites excluding steroid dienone is 4. The van der Waals surface area contributed by atoms with E-state index in [1.807, 2.05) is 21.1 Å². The summed E-state index contributed by atoms with van der Waals surface area (Å²) >= 11 is 0. The van der Waals surface area contributed by atoms with Gasteiger partial charge in [0.1, 0.15) is 13.2 Å². The Morgan fingerprint density at radius 3 is 0.814 bits per heavy atom. The number of rotatable bonds is 83. The highest BCUT2D eigenvalue weighted by Gasteiger charge is 2.22. The Balaban J connectivity index is 3.91. The van der Waals surface area contributed by atoms with Crippen molar-refractivity contribution in [2.45, 2.75) is 476 Å². The van der Waals surface area contributed by atoms with E-state index in [9.17, 15) is 19.5 Å². The molecular formula is C88H169NO8. The van der Waals surface area contributed by atoms with Crippen molar-refractivity contribution in [3.05, 3.63) is 24.3 Å². The fourth-order valence-corrected chi connectivity index (χ4v) is 13.6. The maximum atomic E-state index is 13.0. The zero-order valence-corrected chi connectivity index (χ0v) is 66.0. The van der Waals surface area contributed by atoms with Crippen LogP contribution in [0.2, 0.25) is 0 Å². The number of hydrogen-bond acceptors (Lipinski definition) is 8. The second-order valence-corrected chi connectivity index (χ2v) is 31.2. The molecule has 0 aliphatic rings. The molecule has 574 valence electrons. The maximum absolute atomic E-state index is 13.0. The van der Waals surface area contributed by atoms with Gasteiger partial charge in [0.15, 0.2) is 12.4 Å². The largest absolute Gasteiger partial charge is 0.545 e. The molecule has 97 heavy (non-hydrogen) atoms. The van der Waals surface area contributed by atoms with Gasteiger partial charge in [0.25, 0.3) is 0 Å². The van der Waals surface area contributed by atoms with E-state index < -0.39 is 24.3 Å². The van der Waals surface area contributed by atoms with Crippen LogP contribution in [0.3, 0.4) is 0 Å². The van der Waals surface area contributed by atoms with Gasteiger partial charge in [-0.3, -0.25) is 9.59 Å². The quantitative estimate of drug-likeness (QED) is 0.0195. The summed E-state index contributed by atoms with van der Waals surface area (Å²) < 4.78 is 22.9. The third-order valence-electron chi connectivity index (χ3n) is 20.2. The van der Waals surface area contributed by atoms with Crippen molar-refractivity contribution in [3.63, 3.8) is 0 Å². The molecule has 0 aromatic carbocycles. The van der Waals surface area contributed by atoms with Crippen LogP contribution in [0.4, 0.5) is 0 Å². The maximum Gasteiger partial charge on any atom is 0.306 e. The van der Waals surface area contributed by atoms with Crippen LogP contribution >= 0.6 is 0 Å². The number of nitrogens with zero attached hydrogens (tertiary/aromatic N) is 1. The molecule has 2 unspecified atom stereocenters. The number of carboxylic acid groups (broad SMARTS) is 1. The fraction of sp³-hybridized carbons (Fsp3) is 0.920. The summed E-state index contributed by atoms with van der Waals surface area (Å²) in [6, 6.07) is 0. The van der Waals surface area contributed by atoms with Crippen LogP contribution in [0.15, 0.2) is 24.3 Å². The lowest BCUT2D eigenvalue weighted by atomic mass is 10.0. The Labute approximate surface area is 605 Å². The molecule has 0 spiro atoms. The van der Waals surface area contributed by atoms with Crippen LogP contribution in [0.1, 0.15) is 463 Å². The predicted octanol–water partition coefficient (Wildman–Crippen LogP) is 26.7. The van der Waals surface area contributed by atoms with E-state index >= 15 is 0 Å². The Hall–Kier alpha value is -2.23. The molecule has 0 heterocycles. The van der Waals surface area contributed by atoms with Gasteiger partial charge in [-0.05, 0) is 44.9 Å². The molecule has 9 nitrogen and oxygen atoms in total. The third kappa shape index (κ3) is 80.9. The van der Waals surface area contributed by atoms with Crippen molar-refractivity contribution < 1.29 is 42.9 Å². The summed E-state index contributed by atoms with van der Waals surface area (Å²) in [5, 5.41) is 11.9. The number of esters is 2. The number of aliphatic carboxylic acids is 1. The molecule has 0 rings (SSSR count). The van der Waals surface area contributed by atoms with Gasteiger partial charge < -0.3 is 33.3 Å². The van der Waals surface area contributed by atoms with Crippen LogP contribution in [-0.2, 0) is 33.3 Å². The second kappa shape index (κ2) is 79.5. The Morgan fingerprint density at radius 1 is 0.309 bits per heavy atom. The molecule has 0 aromatic heterocycles. The molecule has 0 bridgehead atoms. The standard InChI is InChI=1S/C88H169NO8/c1-6-8-10-12-14-16-18-20-22-24-26-28-30-32-34-36-38-40-42-43-45-47-49-51-53-55-57-59-61-63-65-67-69-71-73-75-77-79-86(91)97-84(83-96-88(87(92)93)94-81-80-89(3,4)5)82-95-85(90)78-76-74-72-70-68-66-64-62-60-58-56-54-52-50-48-46-44-41-39-37-35-33-31-29-27-25-23-21-19-17-15-13-11-9-7-2/h18,20,24,26,84,88H,6-17,19,21-23,25,27-83H2,1-5H3/b20-18-,26-24-. The van der Waals surface area contributed by atoms with Crippen molar-refractivity contribution in [3.8, 4) is 0 Å². The minimum atomic E-state index is -1.62. The van der Waals surface area contributed by atoms with Crippen molar-refractivity contribution in [1.82, 2.24) is 0 Å². The van der Waals surface area contributed by atoms with Crippen molar-refractivity contribution in [2.75, 3.05) is 47.5 Å². The van der Waals surface area contributed by atoms with Gasteiger partial charge in [-0.2, -0.15) is 0 Å². The lowest BCUT2D eigenvalue weighted by Gasteiger charge is -2.26. The molecule has 0 amide bonds. The van der Waals surface area contributed by atoms with Gasteiger partial charge in [0.05, 0.1) is 40.3 Å². The first kappa shape index (κ1) is 94.8. The lowest BCUT2D eigenvalue weighted by molar-refractivity contribution is -0.870. The van der Waals surface area contributed by atoms with Gasteiger partial charge in [0.2, 0.25) is 0 Å². The predicted molar refractivity (Wildman–Crippen MR) is 417 cm³/mol. The number of carbonyl (C=O) groups excluding carboxylic acids is 3. The number of likely N-dealkylation sites (N-methyl/N-ethyl adjacent to an activating group) is 1. The van der Waals surface area contributed by atoms with E-state index in [1.165, 1.54) is 392 Å². The van der Waals surface area contributed by atoms with Crippen molar-refractivity contribution >= 4 is 17.9 Å². The number of hydrogen-bond donors (Lipinski definition) is 0. The van der Waals surface area contributed by atoms with E-state index in [0.29, 0.717) is 17.4 Å². The summed E-state index contributed by atoms with van der Waals surface area (Å²) in [6.45, 7) is 4.84. The molecule has 0 N–H and O–H groups in total. The number of unbranched alkanes of at least 4 members (excludes halogenated alkanes) is 64. The number of carboxylic acids is 1. The first-order chi connectivity index (χ1) is 47.6. The highest BCUT2D eigenvalue weighted by Crippen LogP contribution is 2.21. The second-order valence-electron chi connectivity index (χ2n) is 31.2. The van der Waals surface area contributed by atoms with E-state index in [-0.39, 0.29) is 32.2 Å². The summed E-state index contributed by atoms with van der Waals surface area (Å²) in [5.41, 5.74) is 0. The normalized spacial score (nSPS) is 12.6. The van der Waals surface area contributed by atoms with Crippen LogP contribution in [0.25, 0.3) is 0 Å². The molecule has 0 radical (unpaired) electrons. The minimum Gasteiger partial charge on any atom is -0.545 e. The third-order valence-corrected chi connectivity index (χ3v) is 20.2. The minimum absolute atomic E-state index is 0.152. The smallest absolute Gasteiger partial charge is 0.306 e. The number of carbonyl (C=O) groups is 3. The Kier molecular flexibility index (Phi) is 77.6. The van der Waals surface area contributed by atoms with Gasteiger partial charge in [-0.1, -0.05) is 430 Å². The summed E-state index contributed by atoms with van der Waals surface area (Å²) in [7, 11) is 5.96. The molecule has 0 aromatic rings. The molecule has 0 saturated heterocycles. The van der Waals surface area contributed by atoms with Gasteiger partial charge in [-0.15, -0.1) is 0 Å². The monoisotopic (exact) mass is 1370 g/mol. The highest BCUT2D eigenvalue weighted by atomic mass is 16.7. The van der Waals surface area contributed by atoms with E-state index in [2.05, 4.69) is 38.2 Å². The van der Waals surface area contributed by atoms with E-state index in [1.54, 1.807) is 0 Å².